The highest BCUT2D eigenvalue weighted by atomic mass is 32.2. The van der Waals surface area contributed by atoms with E-state index in [1.54, 1.807) is 31.3 Å². The lowest BCUT2D eigenvalue weighted by atomic mass is 10.0. The van der Waals surface area contributed by atoms with Crippen molar-refractivity contribution in [3.05, 3.63) is 29.8 Å². The van der Waals surface area contributed by atoms with Crippen LogP contribution in [-0.2, 0) is 14.8 Å². The molecule has 1 unspecified atom stereocenters. The van der Waals surface area contributed by atoms with Crippen molar-refractivity contribution in [3.8, 4) is 0 Å². The molecule has 0 fully saturated rings. The van der Waals surface area contributed by atoms with Gasteiger partial charge in [0.05, 0.1) is 4.90 Å². The van der Waals surface area contributed by atoms with Crippen LogP contribution in [-0.4, -0.2) is 40.5 Å². The van der Waals surface area contributed by atoms with Crippen molar-refractivity contribution in [3.63, 3.8) is 0 Å². The first-order valence-electron chi connectivity index (χ1n) is 7.77. The number of hydrogen-bond donors (Lipinski definition) is 3. The summed E-state index contributed by atoms with van der Waals surface area (Å²) in [7, 11) is -1.93. The van der Waals surface area contributed by atoms with Gasteiger partial charge in [-0.2, -0.15) is 4.72 Å². The molecule has 130 valence electrons. The van der Waals surface area contributed by atoms with Crippen LogP contribution < -0.4 is 15.4 Å². The van der Waals surface area contributed by atoms with Crippen molar-refractivity contribution in [1.29, 1.82) is 0 Å². The Labute approximate surface area is 139 Å². The fraction of sp³-hybridized carbons (Fsp3) is 0.562. The molecule has 0 aliphatic rings. The average molecular weight is 341 g/mol. The number of likely N-dealkylation sites (N-methyl/N-ethyl adjacent to an activating group) is 1. The van der Waals surface area contributed by atoms with E-state index in [1.165, 1.54) is 0 Å². The third kappa shape index (κ3) is 6.68. The molecule has 0 radical (unpaired) electrons. The Morgan fingerprint density at radius 1 is 1.13 bits per heavy atom. The van der Waals surface area contributed by atoms with Crippen molar-refractivity contribution in [1.82, 2.24) is 15.4 Å². The molecule has 0 saturated carbocycles. The molecule has 0 bridgehead atoms. The summed E-state index contributed by atoms with van der Waals surface area (Å²) in [6.07, 6.45) is 0.441. The van der Waals surface area contributed by atoms with Gasteiger partial charge in [0.15, 0.2) is 0 Å². The van der Waals surface area contributed by atoms with Crippen LogP contribution in [0.1, 0.15) is 25.8 Å². The zero-order valence-electron chi connectivity index (χ0n) is 14.2. The minimum atomic E-state index is -3.72. The van der Waals surface area contributed by atoms with Gasteiger partial charge in [0.25, 0.3) is 0 Å². The summed E-state index contributed by atoms with van der Waals surface area (Å²) >= 11 is 0. The average Bonchev–Trinajstić information content (AvgIpc) is 2.46. The van der Waals surface area contributed by atoms with Gasteiger partial charge < -0.3 is 10.6 Å². The maximum absolute atomic E-state index is 12.5. The van der Waals surface area contributed by atoms with E-state index in [0.29, 0.717) is 19.5 Å². The molecule has 0 aliphatic heterocycles. The number of sulfonamides is 1. The van der Waals surface area contributed by atoms with Crippen molar-refractivity contribution >= 4 is 15.9 Å². The minimum absolute atomic E-state index is 0.167. The van der Waals surface area contributed by atoms with Crippen LogP contribution in [0.25, 0.3) is 0 Å². The van der Waals surface area contributed by atoms with Crippen molar-refractivity contribution in [2.45, 2.75) is 38.1 Å². The van der Waals surface area contributed by atoms with Gasteiger partial charge in [-0.15, -0.1) is 0 Å². The largest absolute Gasteiger partial charge is 0.353 e. The molecule has 7 heteroatoms. The van der Waals surface area contributed by atoms with E-state index in [9.17, 15) is 13.2 Å². The Morgan fingerprint density at radius 2 is 1.74 bits per heavy atom. The van der Waals surface area contributed by atoms with E-state index < -0.39 is 16.1 Å². The van der Waals surface area contributed by atoms with Crippen LogP contribution in [0.5, 0.6) is 0 Å². The molecule has 1 rings (SSSR count). The summed E-state index contributed by atoms with van der Waals surface area (Å²) in [6.45, 7) is 6.88. The van der Waals surface area contributed by atoms with Crippen molar-refractivity contribution < 1.29 is 13.2 Å². The van der Waals surface area contributed by atoms with Gasteiger partial charge in [-0.3, -0.25) is 4.79 Å². The fourth-order valence-corrected chi connectivity index (χ4v) is 3.30. The lowest BCUT2D eigenvalue weighted by Crippen LogP contribution is -2.48. The Hall–Kier alpha value is -1.44. The van der Waals surface area contributed by atoms with Gasteiger partial charge in [0.1, 0.15) is 6.04 Å². The molecule has 0 spiro atoms. The number of carbonyl (C=O) groups excluding carboxylic acids is 1. The van der Waals surface area contributed by atoms with Gasteiger partial charge >= 0.3 is 0 Å². The summed E-state index contributed by atoms with van der Waals surface area (Å²) in [6, 6.07) is 5.78. The lowest BCUT2D eigenvalue weighted by molar-refractivity contribution is -0.123. The summed E-state index contributed by atoms with van der Waals surface area (Å²) in [4.78, 5) is 12.4. The molecule has 3 N–H and O–H groups in total. The third-order valence-corrected chi connectivity index (χ3v) is 4.81. The Bertz CT molecular complexity index is 598. The molecule has 0 aliphatic carbocycles. The van der Waals surface area contributed by atoms with Gasteiger partial charge in [0, 0.05) is 13.1 Å². The second-order valence-corrected chi connectivity index (χ2v) is 7.73. The first kappa shape index (κ1) is 19.6. The van der Waals surface area contributed by atoms with E-state index in [1.807, 2.05) is 20.8 Å². The Balaban J connectivity index is 2.86. The number of benzene rings is 1. The molecule has 0 aromatic heterocycles. The predicted molar refractivity (Wildman–Crippen MR) is 91.7 cm³/mol. The van der Waals surface area contributed by atoms with Crippen molar-refractivity contribution in [2.24, 2.45) is 5.92 Å². The summed E-state index contributed by atoms with van der Waals surface area (Å²) in [5, 5.41) is 5.67. The number of amides is 1. The third-order valence-electron chi connectivity index (χ3n) is 3.33. The van der Waals surface area contributed by atoms with Crippen LogP contribution in [0.4, 0.5) is 0 Å². The van der Waals surface area contributed by atoms with Gasteiger partial charge in [-0.1, -0.05) is 31.5 Å². The summed E-state index contributed by atoms with van der Waals surface area (Å²) in [5.74, 6) is -0.111. The lowest BCUT2D eigenvalue weighted by Gasteiger charge is -2.20. The van der Waals surface area contributed by atoms with E-state index in [0.717, 1.165) is 5.56 Å². The second-order valence-electron chi connectivity index (χ2n) is 6.01. The molecule has 23 heavy (non-hydrogen) atoms. The number of hydrogen-bond acceptors (Lipinski definition) is 4. The fourth-order valence-electron chi connectivity index (χ4n) is 2.09. The highest BCUT2D eigenvalue weighted by Crippen LogP contribution is 2.13. The molecular formula is C16H27N3O3S. The zero-order chi connectivity index (χ0) is 17.5. The molecule has 1 aromatic carbocycles. The SMILES string of the molecule is CNCCNC(=O)C(CC(C)C)NS(=O)(=O)c1ccc(C)cc1. The van der Waals surface area contributed by atoms with E-state index in [4.69, 9.17) is 0 Å². The number of carbonyl (C=O) groups is 1. The molecular weight excluding hydrogens is 314 g/mol. The van der Waals surface area contributed by atoms with Crippen LogP contribution >= 0.6 is 0 Å². The summed E-state index contributed by atoms with van der Waals surface area (Å²) in [5.41, 5.74) is 0.979. The molecule has 1 aromatic rings. The predicted octanol–water partition coefficient (Wildman–Crippen LogP) is 1.02. The normalized spacial score (nSPS) is 13.1. The van der Waals surface area contributed by atoms with E-state index >= 15 is 0 Å². The van der Waals surface area contributed by atoms with Gasteiger partial charge in [0.2, 0.25) is 15.9 Å². The van der Waals surface area contributed by atoms with Gasteiger partial charge in [-0.05, 0) is 38.4 Å². The first-order valence-corrected chi connectivity index (χ1v) is 9.26. The second kappa shape index (κ2) is 9.00. The monoisotopic (exact) mass is 341 g/mol. The number of rotatable bonds is 9. The molecule has 0 saturated heterocycles. The Kier molecular flexibility index (Phi) is 7.67. The molecule has 0 heterocycles. The minimum Gasteiger partial charge on any atom is -0.353 e. The maximum Gasteiger partial charge on any atom is 0.241 e. The zero-order valence-corrected chi connectivity index (χ0v) is 15.0. The topological polar surface area (TPSA) is 87.3 Å². The van der Waals surface area contributed by atoms with Crippen LogP contribution in [0.15, 0.2) is 29.2 Å². The number of nitrogens with one attached hydrogen (secondary N) is 3. The summed E-state index contributed by atoms with van der Waals surface area (Å²) < 4.78 is 27.5. The van der Waals surface area contributed by atoms with Crippen LogP contribution in [0.3, 0.4) is 0 Å². The standard InChI is InChI=1S/C16H27N3O3S/c1-12(2)11-15(16(20)18-10-9-17-4)19-23(21,22)14-7-5-13(3)6-8-14/h5-8,12,15,17,19H,9-11H2,1-4H3,(H,18,20). The first-order chi connectivity index (χ1) is 10.8. The molecule has 6 nitrogen and oxygen atoms in total. The molecule has 1 amide bonds. The van der Waals surface area contributed by atoms with Gasteiger partial charge in [-0.25, -0.2) is 8.42 Å². The van der Waals surface area contributed by atoms with Crippen molar-refractivity contribution in [2.75, 3.05) is 20.1 Å². The highest BCUT2D eigenvalue weighted by molar-refractivity contribution is 7.89. The Morgan fingerprint density at radius 3 is 2.26 bits per heavy atom. The maximum atomic E-state index is 12.5. The van der Waals surface area contributed by atoms with Crippen LogP contribution in [0, 0.1) is 12.8 Å². The van der Waals surface area contributed by atoms with E-state index in [2.05, 4.69) is 15.4 Å². The number of aryl methyl sites for hydroxylation is 1. The smallest absolute Gasteiger partial charge is 0.241 e. The van der Waals surface area contributed by atoms with E-state index in [-0.39, 0.29) is 16.7 Å². The highest BCUT2D eigenvalue weighted by Gasteiger charge is 2.26. The quantitative estimate of drug-likeness (QED) is 0.585. The van der Waals surface area contributed by atoms with Crippen LogP contribution in [0.2, 0.25) is 0 Å². The molecule has 1 atom stereocenters.